The van der Waals surface area contributed by atoms with E-state index in [1.165, 1.54) is 0 Å². The van der Waals surface area contributed by atoms with E-state index in [-0.39, 0.29) is 0 Å². The zero-order valence-electron chi connectivity index (χ0n) is 11.8. The second-order valence-corrected chi connectivity index (χ2v) is 4.63. The van der Waals surface area contributed by atoms with E-state index >= 15 is 0 Å². The summed E-state index contributed by atoms with van der Waals surface area (Å²) in [6, 6.07) is 0. The van der Waals surface area contributed by atoms with Crippen molar-refractivity contribution in [2.45, 2.75) is 66.5 Å². The Hall–Kier alpha value is -1.17. The average molecular weight is 227 g/mol. The number of carbonyl (C=O) groups excluding carboxylic acids is 1. The molecule has 0 fully saturated rings. The van der Waals surface area contributed by atoms with Gasteiger partial charge in [0.1, 0.15) is 5.60 Å². The van der Waals surface area contributed by atoms with Gasteiger partial charge in [-0.1, -0.05) is 19.8 Å². The van der Waals surface area contributed by atoms with Crippen LogP contribution in [0.25, 0.3) is 0 Å². The van der Waals surface area contributed by atoms with Crippen LogP contribution in [0.15, 0.2) is 0 Å². The van der Waals surface area contributed by atoms with Gasteiger partial charge in [0, 0.05) is 0 Å². The van der Waals surface area contributed by atoms with E-state index < -0.39 is 17.2 Å². The van der Waals surface area contributed by atoms with Crippen molar-refractivity contribution < 1.29 is 9.53 Å². The first-order valence-electron chi connectivity index (χ1n) is 5.61. The second kappa shape index (κ2) is 7.16. The molecule has 0 atom stereocenters. The Balaban J connectivity index is 0. The molecule has 0 aromatic rings. The lowest BCUT2D eigenvalue weighted by molar-refractivity contribution is 0.0494. The molecule has 0 saturated carbocycles. The highest BCUT2D eigenvalue weighted by molar-refractivity contribution is 5.69. The Labute approximate surface area is 99.9 Å². The van der Waals surface area contributed by atoms with Crippen LogP contribution in [0, 0.1) is 11.8 Å². The number of hydrogen-bond donors (Lipinski definition) is 1. The molecule has 16 heavy (non-hydrogen) atoms. The zero-order valence-corrected chi connectivity index (χ0v) is 11.8. The molecule has 94 valence electrons. The van der Waals surface area contributed by atoms with Crippen molar-refractivity contribution >= 4 is 6.09 Å². The molecule has 0 aliphatic heterocycles. The smallest absolute Gasteiger partial charge is 0.408 e. The molecule has 0 rings (SSSR count). The van der Waals surface area contributed by atoms with Gasteiger partial charge in [-0.2, -0.15) is 0 Å². The van der Waals surface area contributed by atoms with Gasteiger partial charge in [0.25, 0.3) is 0 Å². The Morgan fingerprint density at radius 2 is 1.56 bits per heavy atom. The monoisotopic (exact) mass is 227 g/mol. The van der Waals surface area contributed by atoms with Crippen LogP contribution in [0.1, 0.15) is 55.4 Å². The number of alkyl carbamates (subject to hydrolysis) is 1. The molecule has 3 heteroatoms. The third-order valence-corrected chi connectivity index (χ3v) is 1.25. The summed E-state index contributed by atoms with van der Waals surface area (Å²) in [5.41, 5.74) is -1.02. The van der Waals surface area contributed by atoms with Crippen molar-refractivity contribution in [1.29, 1.82) is 0 Å². The minimum Gasteiger partial charge on any atom is -0.444 e. The molecule has 1 N–H and O–H groups in total. The van der Waals surface area contributed by atoms with E-state index in [1.54, 1.807) is 6.92 Å². The maximum atomic E-state index is 11.3. The van der Waals surface area contributed by atoms with Gasteiger partial charge >= 0.3 is 6.09 Å². The summed E-state index contributed by atoms with van der Waals surface area (Å²) >= 11 is 0. The molecule has 0 aliphatic carbocycles. The van der Waals surface area contributed by atoms with Gasteiger partial charge in [-0.05, 0) is 41.5 Å². The van der Waals surface area contributed by atoms with E-state index in [9.17, 15) is 4.79 Å². The lowest BCUT2D eigenvalue weighted by Crippen LogP contribution is -2.44. The number of carbonyl (C=O) groups is 1. The Morgan fingerprint density at radius 1 is 1.12 bits per heavy atom. The van der Waals surface area contributed by atoms with Crippen LogP contribution in [0.5, 0.6) is 0 Å². The van der Waals surface area contributed by atoms with Crippen LogP contribution in [0.4, 0.5) is 4.79 Å². The minimum atomic E-state index is -0.545. The highest BCUT2D eigenvalue weighted by Crippen LogP contribution is 2.08. The van der Waals surface area contributed by atoms with Crippen LogP contribution in [-0.2, 0) is 4.74 Å². The first-order valence-corrected chi connectivity index (χ1v) is 5.61. The molecule has 3 nitrogen and oxygen atoms in total. The summed E-state index contributed by atoms with van der Waals surface area (Å²) in [5, 5.41) is 2.68. The lowest BCUT2D eigenvalue weighted by atomic mass is 10.1. The Kier molecular flexibility index (Phi) is 7.71. The highest BCUT2D eigenvalue weighted by atomic mass is 16.6. The van der Waals surface area contributed by atoms with Gasteiger partial charge in [-0.25, -0.2) is 4.79 Å². The van der Waals surface area contributed by atoms with E-state index in [2.05, 4.69) is 17.2 Å². The molecule has 0 spiro atoms. The van der Waals surface area contributed by atoms with E-state index in [1.807, 2.05) is 48.5 Å². The largest absolute Gasteiger partial charge is 0.444 e. The zero-order chi connectivity index (χ0) is 13.4. The van der Waals surface area contributed by atoms with Crippen molar-refractivity contribution in [3.05, 3.63) is 0 Å². The van der Waals surface area contributed by atoms with Gasteiger partial charge < -0.3 is 10.1 Å². The molecular weight excluding hydrogens is 202 g/mol. The minimum absolute atomic E-state index is 0.440. The summed E-state index contributed by atoms with van der Waals surface area (Å²) in [7, 11) is 0. The number of amides is 1. The van der Waals surface area contributed by atoms with Crippen molar-refractivity contribution in [2.24, 2.45) is 0 Å². The average Bonchev–Trinajstić information content (AvgIpc) is 2.02. The van der Waals surface area contributed by atoms with Crippen LogP contribution in [0.2, 0.25) is 0 Å². The van der Waals surface area contributed by atoms with Crippen molar-refractivity contribution in [3.63, 3.8) is 0 Å². The Bertz CT molecular complexity index is 264. The van der Waals surface area contributed by atoms with Crippen molar-refractivity contribution in [2.75, 3.05) is 0 Å². The van der Waals surface area contributed by atoms with E-state index in [0.717, 1.165) is 0 Å². The fraction of sp³-hybridized carbons (Fsp3) is 0.769. The fourth-order valence-corrected chi connectivity index (χ4v) is 0.903. The van der Waals surface area contributed by atoms with Gasteiger partial charge in [0.2, 0.25) is 0 Å². The second-order valence-electron chi connectivity index (χ2n) is 4.63. The molecule has 0 aliphatic rings. The predicted molar refractivity (Wildman–Crippen MR) is 68.2 cm³/mol. The van der Waals surface area contributed by atoms with Gasteiger partial charge in [-0.15, -0.1) is 5.92 Å². The maximum Gasteiger partial charge on any atom is 0.408 e. The number of ether oxygens (including phenoxy) is 1. The summed E-state index contributed by atoms with van der Waals surface area (Å²) in [6.45, 7) is 14.9. The predicted octanol–water partition coefficient (Wildman–Crippen LogP) is 3.34. The van der Waals surface area contributed by atoms with E-state index in [0.29, 0.717) is 0 Å². The molecule has 0 radical (unpaired) electrons. The molecule has 0 bridgehead atoms. The van der Waals surface area contributed by atoms with Crippen LogP contribution in [-0.4, -0.2) is 17.2 Å². The third kappa shape index (κ3) is 10.9. The van der Waals surface area contributed by atoms with E-state index in [4.69, 9.17) is 4.74 Å². The fourth-order valence-electron chi connectivity index (χ4n) is 0.903. The third-order valence-electron chi connectivity index (χ3n) is 1.25. The van der Waals surface area contributed by atoms with Gasteiger partial charge in [0.15, 0.2) is 0 Å². The number of rotatable bonds is 1. The SMILES string of the molecule is CC.CC#CC(C)(C)NC(=O)OC(C)(C)C. The molecule has 0 aromatic heterocycles. The molecule has 0 heterocycles. The van der Waals surface area contributed by atoms with Crippen LogP contribution < -0.4 is 5.32 Å². The van der Waals surface area contributed by atoms with Crippen molar-refractivity contribution in [1.82, 2.24) is 5.32 Å². The standard InChI is InChI=1S/C11H19NO2.C2H6/c1-7-8-11(5,6)12-9(13)14-10(2,3)4;1-2/h1-6H3,(H,12,13);1-2H3. The molecule has 0 unspecified atom stereocenters. The first kappa shape index (κ1) is 17.2. The maximum absolute atomic E-state index is 11.3. The summed E-state index contributed by atoms with van der Waals surface area (Å²) in [4.78, 5) is 11.3. The normalized spacial score (nSPS) is 10.2. The summed E-state index contributed by atoms with van der Waals surface area (Å²) < 4.78 is 5.10. The topological polar surface area (TPSA) is 38.3 Å². The summed E-state index contributed by atoms with van der Waals surface area (Å²) in [6.07, 6.45) is -0.440. The molecule has 1 amide bonds. The van der Waals surface area contributed by atoms with Crippen molar-refractivity contribution in [3.8, 4) is 11.8 Å². The quantitative estimate of drug-likeness (QED) is 0.698. The van der Waals surface area contributed by atoms with Gasteiger partial charge in [0.05, 0.1) is 5.54 Å². The van der Waals surface area contributed by atoms with Crippen LogP contribution in [0.3, 0.4) is 0 Å². The molecule has 0 aromatic carbocycles. The first-order chi connectivity index (χ1) is 7.16. The van der Waals surface area contributed by atoms with Crippen LogP contribution >= 0.6 is 0 Å². The number of nitrogens with one attached hydrogen (secondary N) is 1. The molecular formula is C13H25NO2. The van der Waals surface area contributed by atoms with Gasteiger partial charge in [-0.3, -0.25) is 0 Å². The Morgan fingerprint density at radius 3 is 1.88 bits per heavy atom. The molecule has 0 saturated heterocycles. The number of hydrogen-bond acceptors (Lipinski definition) is 2. The summed E-state index contributed by atoms with van der Waals surface area (Å²) in [5.74, 6) is 5.63. The lowest BCUT2D eigenvalue weighted by Gasteiger charge is -2.24. The highest BCUT2D eigenvalue weighted by Gasteiger charge is 2.22.